The van der Waals surface area contributed by atoms with Gasteiger partial charge in [-0.2, -0.15) is 0 Å². The number of hydrogen-bond donors (Lipinski definition) is 2. The average molecular weight is 335 g/mol. The van der Waals surface area contributed by atoms with Crippen LogP contribution in [0.5, 0.6) is 0 Å². The molecule has 0 aliphatic heterocycles. The summed E-state index contributed by atoms with van der Waals surface area (Å²) in [5.74, 6) is -0.334. The molecule has 0 atom stereocenters. The molecular weight excluding hydrogens is 315 g/mol. The molecule has 0 aromatic heterocycles. The normalized spacial score (nSPS) is 16.5. The Morgan fingerprint density at radius 2 is 2.00 bits per heavy atom. The molecule has 0 amide bonds. The monoisotopic (exact) mass is 334 g/mol. The highest BCUT2D eigenvalue weighted by Gasteiger charge is 2.21. The van der Waals surface area contributed by atoms with Crippen molar-refractivity contribution in [2.24, 2.45) is 5.92 Å². The van der Waals surface area contributed by atoms with Crippen LogP contribution in [-0.2, 0) is 16.6 Å². The Morgan fingerprint density at radius 1 is 1.33 bits per heavy atom. The molecule has 1 aliphatic carbocycles. The summed E-state index contributed by atoms with van der Waals surface area (Å²) in [4.78, 5) is -0.0763. The van der Waals surface area contributed by atoms with Gasteiger partial charge in [0.2, 0.25) is 10.0 Å². The Morgan fingerprint density at radius 3 is 2.62 bits per heavy atom. The van der Waals surface area contributed by atoms with Gasteiger partial charge in [0.1, 0.15) is 5.82 Å². The van der Waals surface area contributed by atoms with Crippen LogP contribution in [0, 0.1) is 11.7 Å². The maximum absolute atomic E-state index is 13.8. The summed E-state index contributed by atoms with van der Waals surface area (Å²) >= 11 is 5.84. The molecule has 0 unspecified atom stereocenters. The second-order valence-electron chi connectivity index (χ2n) is 5.41. The standard InChI is InChI=1S/C14H20ClFN2O2S/c1-17-9-11-6-12(7-13(16)14(11)15)21(19,20)18-8-10-4-2-3-5-10/h6-7,10,17-18H,2-5,8-9H2,1H3. The molecule has 1 fully saturated rings. The van der Waals surface area contributed by atoms with Gasteiger partial charge in [0.25, 0.3) is 0 Å². The third-order valence-electron chi connectivity index (χ3n) is 3.79. The third-order valence-corrected chi connectivity index (χ3v) is 5.62. The molecule has 2 N–H and O–H groups in total. The first kappa shape index (κ1) is 16.7. The van der Waals surface area contributed by atoms with Crippen molar-refractivity contribution < 1.29 is 12.8 Å². The van der Waals surface area contributed by atoms with Crippen LogP contribution >= 0.6 is 11.6 Å². The van der Waals surface area contributed by atoms with E-state index in [1.54, 1.807) is 7.05 Å². The quantitative estimate of drug-likeness (QED) is 0.841. The maximum atomic E-state index is 13.8. The van der Waals surface area contributed by atoms with Crippen molar-refractivity contribution in [2.45, 2.75) is 37.1 Å². The maximum Gasteiger partial charge on any atom is 0.240 e. The number of benzene rings is 1. The Labute approximate surface area is 130 Å². The number of hydrogen-bond acceptors (Lipinski definition) is 3. The summed E-state index contributed by atoms with van der Waals surface area (Å²) in [6, 6.07) is 2.39. The van der Waals surface area contributed by atoms with Crippen molar-refractivity contribution in [1.29, 1.82) is 0 Å². The number of nitrogens with one attached hydrogen (secondary N) is 2. The van der Waals surface area contributed by atoms with E-state index in [-0.39, 0.29) is 9.92 Å². The second kappa shape index (κ2) is 7.05. The van der Waals surface area contributed by atoms with Crippen molar-refractivity contribution in [1.82, 2.24) is 10.0 Å². The lowest BCUT2D eigenvalue weighted by Gasteiger charge is -2.13. The highest BCUT2D eigenvalue weighted by molar-refractivity contribution is 7.89. The van der Waals surface area contributed by atoms with Gasteiger partial charge in [0, 0.05) is 13.1 Å². The smallest absolute Gasteiger partial charge is 0.240 e. The van der Waals surface area contributed by atoms with Gasteiger partial charge in [0.15, 0.2) is 0 Å². The fourth-order valence-electron chi connectivity index (χ4n) is 2.62. The SMILES string of the molecule is CNCc1cc(S(=O)(=O)NCC2CCCC2)cc(F)c1Cl. The van der Waals surface area contributed by atoms with E-state index in [1.165, 1.54) is 6.07 Å². The van der Waals surface area contributed by atoms with E-state index in [0.717, 1.165) is 31.7 Å². The van der Waals surface area contributed by atoms with Crippen molar-refractivity contribution >= 4 is 21.6 Å². The predicted molar refractivity (Wildman–Crippen MR) is 81.3 cm³/mol. The fraction of sp³-hybridized carbons (Fsp3) is 0.571. The lowest BCUT2D eigenvalue weighted by Crippen LogP contribution is -2.28. The van der Waals surface area contributed by atoms with E-state index in [1.807, 2.05) is 0 Å². The van der Waals surface area contributed by atoms with Gasteiger partial charge in [-0.05, 0) is 43.5 Å². The molecule has 0 radical (unpaired) electrons. The molecule has 0 spiro atoms. The second-order valence-corrected chi connectivity index (χ2v) is 7.56. The summed E-state index contributed by atoms with van der Waals surface area (Å²) in [6.45, 7) is 0.718. The van der Waals surface area contributed by atoms with Gasteiger partial charge < -0.3 is 5.32 Å². The van der Waals surface area contributed by atoms with Crippen LogP contribution in [0.25, 0.3) is 0 Å². The average Bonchev–Trinajstić information content (AvgIpc) is 2.95. The molecule has 0 saturated heterocycles. The highest BCUT2D eigenvalue weighted by Crippen LogP contribution is 2.26. The van der Waals surface area contributed by atoms with Crippen LogP contribution in [0.3, 0.4) is 0 Å². The Hall–Kier alpha value is -0.690. The molecule has 1 aliphatic rings. The van der Waals surface area contributed by atoms with E-state index in [0.29, 0.717) is 24.6 Å². The van der Waals surface area contributed by atoms with Crippen LogP contribution in [-0.4, -0.2) is 22.0 Å². The number of halogens is 2. The lowest BCUT2D eigenvalue weighted by molar-refractivity contribution is 0.519. The van der Waals surface area contributed by atoms with E-state index in [2.05, 4.69) is 10.0 Å². The van der Waals surface area contributed by atoms with Gasteiger partial charge in [-0.15, -0.1) is 0 Å². The molecule has 118 valence electrons. The number of sulfonamides is 1. The third kappa shape index (κ3) is 4.16. The molecule has 21 heavy (non-hydrogen) atoms. The molecule has 0 heterocycles. The van der Waals surface area contributed by atoms with Crippen molar-refractivity contribution in [3.05, 3.63) is 28.5 Å². The molecule has 7 heteroatoms. The Kier molecular flexibility index (Phi) is 5.60. The van der Waals surface area contributed by atoms with Gasteiger partial charge in [-0.3, -0.25) is 0 Å². The van der Waals surface area contributed by atoms with Gasteiger partial charge >= 0.3 is 0 Å². The van der Waals surface area contributed by atoms with Gasteiger partial charge in [0.05, 0.1) is 9.92 Å². The van der Waals surface area contributed by atoms with E-state index < -0.39 is 15.8 Å². The summed E-state index contributed by atoms with van der Waals surface area (Å²) in [6.07, 6.45) is 4.38. The minimum Gasteiger partial charge on any atom is -0.316 e. The highest BCUT2D eigenvalue weighted by atomic mass is 35.5. The Bertz CT molecular complexity index is 601. The largest absolute Gasteiger partial charge is 0.316 e. The van der Waals surface area contributed by atoms with Gasteiger partial charge in [-0.1, -0.05) is 24.4 Å². The van der Waals surface area contributed by atoms with E-state index in [4.69, 9.17) is 11.6 Å². The summed E-state index contributed by atoms with van der Waals surface area (Å²) in [7, 11) is -2.02. The molecule has 1 aromatic carbocycles. The van der Waals surface area contributed by atoms with Crippen molar-refractivity contribution in [3.63, 3.8) is 0 Å². The minimum atomic E-state index is -3.70. The van der Waals surface area contributed by atoms with Gasteiger partial charge in [-0.25, -0.2) is 17.5 Å². The summed E-state index contributed by atoms with van der Waals surface area (Å²) in [5.41, 5.74) is 0.431. The molecule has 2 rings (SSSR count). The topological polar surface area (TPSA) is 58.2 Å². The summed E-state index contributed by atoms with van der Waals surface area (Å²) in [5, 5.41) is 2.80. The first-order valence-electron chi connectivity index (χ1n) is 7.06. The zero-order valence-electron chi connectivity index (χ0n) is 12.0. The van der Waals surface area contributed by atoms with Crippen LogP contribution in [0.15, 0.2) is 17.0 Å². The zero-order valence-corrected chi connectivity index (χ0v) is 13.5. The molecule has 4 nitrogen and oxygen atoms in total. The minimum absolute atomic E-state index is 0.0425. The summed E-state index contributed by atoms with van der Waals surface area (Å²) < 4.78 is 40.9. The number of rotatable bonds is 6. The first-order valence-corrected chi connectivity index (χ1v) is 8.92. The first-order chi connectivity index (χ1) is 9.94. The molecule has 1 saturated carbocycles. The van der Waals surface area contributed by atoms with Crippen LogP contribution < -0.4 is 10.0 Å². The van der Waals surface area contributed by atoms with Crippen LogP contribution in [0.4, 0.5) is 4.39 Å². The van der Waals surface area contributed by atoms with E-state index >= 15 is 0 Å². The van der Waals surface area contributed by atoms with Crippen molar-refractivity contribution in [3.8, 4) is 0 Å². The Balaban J connectivity index is 2.18. The lowest BCUT2D eigenvalue weighted by atomic mass is 10.1. The van der Waals surface area contributed by atoms with Crippen LogP contribution in [0.1, 0.15) is 31.2 Å². The molecular formula is C14H20ClFN2O2S. The zero-order chi connectivity index (χ0) is 15.5. The van der Waals surface area contributed by atoms with Crippen LogP contribution in [0.2, 0.25) is 5.02 Å². The molecule has 1 aromatic rings. The van der Waals surface area contributed by atoms with Crippen molar-refractivity contribution in [2.75, 3.05) is 13.6 Å². The predicted octanol–water partition coefficient (Wildman–Crippen LogP) is 2.67. The molecule has 0 bridgehead atoms. The van der Waals surface area contributed by atoms with E-state index in [9.17, 15) is 12.8 Å². The fourth-order valence-corrected chi connectivity index (χ4v) is 3.97.